The lowest BCUT2D eigenvalue weighted by Crippen LogP contribution is -2.32. The lowest BCUT2D eigenvalue weighted by molar-refractivity contribution is 0.267. The summed E-state index contributed by atoms with van der Waals surface area (Å²) in [5.74, 6) is 0.640. The third kappa shape index (κ3) is 4.40. The van der Waals surface area contributed by atoms with Crippen LogP contribution in [0.25, 0.3) is 0 Å². The standard InChI is InChI=1S/C16H23N3O3S/c1-3-15-17-11-16(18-15)23(21,22)19(9-4-10-20)12-14-7-5-13(2)6-8-14/h5-8,11,20H,3-4,9-10,12H2,1-2H3,(H,17,18). The number of hydrogen-bond acceptors (Lipinski definition) is 4. The first-order valence-electron chi connectivity index (χ1n) is 7.67. The first-order chi connectivity index (χ1) is 11.0. The van der Waals surface area contributed by atoms with E-state index in [-0.39, 0.29) is 24.7 Å². The highest BCUT2D eigenvalue weighted by Gasteiger charge is 2.26. The highest BCUT2D eigenvalue weighted by molar-refractivity contribution is 7.89. The predicted octanol–water partition coefficient (Wildman–Crippen LogP) is 1.85. The molecule has 23 heavy (non-hydrogen) atoms. The zero-order valence-corrected chi connectivity index (χ0v) is 14.3. The molecule has 0 saturated carbocycles. The van der Waals surface area contributed by atoms with Gasteiger partial charge in [0, 0.05) is 26.1 Å². The molecule has 6 nitrogen and oxygen atoms in total. The monoisotopic (exact) mass is 337 g/mol. The van der Waals surface area contributed by atoms with Crippen molar-refractivity contribution in [1.82, 2.24) is 14.3 Å². The smallest absolute Gasteiger partial charge is 0.260 e. The molecule has 0 radical (unpaired) electrons. The maximum Gasteiger partial charge on any atom is 0.260 e. The molecule has 0 unspecified atom stereocenters. The fraction of sp³-hybridized carbons (Fsp3) is 0.438. The molecule has 0 atom stereocenters. The molecule has 126 valence electrons. The van der Waals surface area contributed by atoms with E-state index in [1.807, 2.05) is 38.1 Å². The van der Waals surface area contributed by atoms with Crippen LogP contribution in [0.2, 0.25) is 0 Å². The first kappa shape index (κ1) is 17.7. The van der Waals surface area contributed by atoms with Gasteiger partial charge in [-0.25, -0.2) is 13.4 Å². The number of nitrogens with zero attached hydrogens (tertiary/aromatic N) is 2. The summed E-state index contributed by atoms with van der Waals surface area (Å²) in [7, 11) is -3.67. The Morgan fingerprint density at radius 2 is 1.96 bits per heavy atom. The zero-order valence-electron chi connectivity index (χ0n) is 13.5. The SMILES string of the molecule is CCc1ncc(S(=O)(=O)N(CCCO)Cc2ccc(C)cc2)[nH]1. The molecule has 2 rings (SSSR count). The second kappa shape index (κ2) is 7.72. The van der Waals surface area contributed by atoms with E-state index in [1.165, 1.54) is 10.5 Å². The van der Waals surface area contributed by atoms with Crippen LogP contribution in [0.4, 0.5) is 0 Å². The number of H-pyrrole nitrogens is 1. The average molecular weight is 337 g/mol. The Morgan fingerprint density at radius 3 is 2.52 bits per heavy atom. The van der Waals surface area contributed by atoms with E-state index in [9.17, 15) is 8.42 Å². The molecule has 1 aromatic carbocycles. The number of nitrogens with one attached hydrogen (secondary N) is 1. The number of benzene rings is 1. The molecule has 0 fully saturated rings. The molecule has 2 aromatic rings. The van der Waals surface area contributed by atoms with Crippen molar-refractivity contribution in [1.29, 1.82) is 0 Å². The molecule has 7 heteroatoms. The van der Waals surface area contributed by atoms with Crippen LogP contribution in [0, 0.1) is 6.92 Å². The molecule has 0 saturated heterocycles. The van der Waals surface area contributed by atoms with Crippen molar-refractivity contribution >= 4 is 10.0 Å². The summed E-state index contributed by atoms with van der Waals surface area (Å²) >= 11 is 0. The van der Waals surface area contributed by atoms with Gasteiger partial charge in [0.05, 0.1) is 6.20 Å². The Bertz CT molecular complexity index is 723. The van der Waals surface area contributed by atoms with Crippen molar-refractivity contribution in [2.24, 2.45) is 0 Å². The largest absolute Gasteiger partial charge is 0.396 e. The fourth-order valence-corrected chi connectivity index (χ4v) is 3.62. The van der Waals surface area contributed by atoms with Crippen molar-refractivity contribution < 1.29 is 13.5 Å². The minimum Gasteiger partial charge on any atom is -0.396 e. The second-order valence-electron chi connectivity index (χ2n) is 5.45. The number of aromatic nitrogens is 2. The van der Waals surface area contributed by atoms with Crippen LogP contribution >= 0.6 is 0 Å². The number of aliphatic hydroxyl groups excluding tert-OH is 1. The minimum atomic E-state index is -3.67. The maximum atomic E-state index is 12.8. The fourth-order valence-electron chi connectivity index (χ4n) is 2.22. The van der Waals surface area contributed by atoms with Crippen molar-refractivity contribution in [3.05, 3.63) is 47.4 Å². The van der Waals surface area contributed by atoms with Crippen LogP contribution in [0.3, 0.4) is 0 Å². The number of aryl methyl sites for hydroxylation is 2. The molecular formula is C16H23N3O3S. The lowest BCUT2D eigenvalue weighted by Gasteiger charge is -2.21. The van der Waals surface area contributed by atoms with Gasteiger partial charge >= 0.3 is 0 Å². The van der Waals surface area contributed by atoms with Crippen LogP contribution in [-0.2, 0) is 23.0 Å². The van der Waals surface area contributed by atoms with Gasteiger partial charge in [-0.2, -0.15) is 4.31 Å². The number of aromatic amines is 1. The molecule has 0 aliphatic carbocycles. The van der Waals surface area contributed by atoms with Gasteiger partial charge in [-0.15, -0.1) is 0 Å². The predicted molar refractivity (Wildman–Crippen MR) is 88.4 cm³/mol. The Balaban J connectivity index is 2.27. The Morgan fingerprint density at radius 1 is 1.26 bits per heavy atom. The normalized spacial score (nSPS) is 12.0. The molecule has 0 bridgehead atoms. The van der Waals surface area contributed by atoms with Crippen LogP contribution < -0.4 is 0 Å². The van der Waals surface area contributed by atoms with Gasteiger partial charge in [0.1, 0.15) is 5.82 Å². The number of sulfonamides is 1. The molecule has 0 amide bonds. The topological polar surface area (TPSA) is 86.3 Å². The summed E-state index contributed by atoms with van der Waals surface area (Å²) < 4.78 is 27.0. The Kier molecular flexibility index (Phi) is 5.92. The molecule has 0 aliphatic heterocycles. The van der Waals surface area contributed by atoms with Gasteiger partial charge in [0.15, 0.2) is 5.03 Å². The van der Waals surface area contributed by atoms with Crippen LogP contribution in [0.1, 0.15) is 30.3 Å². The van der Waals surface area contributed by atoms with Gasteiger partial charge in [-0.05, 0) is 18.9 Å². The zero-order chi connectivity index (χ0) is 16.9. The van der Waals surface area contributed by atoms with Crippen molar-refractivity contribution in [3.63, 3.8) is 0 Å². The third-order valence-electron chi connectivity index (χ3n) is 3.60. The van der Waals surface area contributed by atoms with Crippen LogP contribution in [0.15, 0.2) is 35.5 Å². The van der Waals surface area contributed by atoms with Crippen molar-refractivity contribution in [2.75, 3.05) is 13.2 Å². The minimum absolute atomic E-state index is 0.0525. The van der Waals surface area contributed by atoms with Gasteiger partial charge in [-0.3, -0.25) is 0 Å². The lowest BCUT2D eigenvalue weighted by atomic mass is 10.1. The first-order valence-corrected chi connectivity index (χ1v) is 9.11. The van der Waals surface area contributed by atoms with Gasteiger partial charge in [0.2, 0.25) is 0 Å². The van der Waals surface area contributed by atoms with Crippen LogP contribution in [-0.4, -0.2) is 40.9 Å². The van der Waals surface area contributed by atoms with Gasteiger partial charge < -0.3 is 10.1 Å². The van der Waals surface area contributed by atoms with E-state index in [2.05, 4.69) is 9.97 Å². The molecule has 1 heterocycles. The van der Waals surface area contributed by atoms with E-state index in [0.717, 1.165) is 11.1 Å². The molecule has 0 aliphatic rings. The van der Waals surface area contributed by atoms with Crippen molar-refractivity contribution in [3.8, 4) is 0 Å². The van der Waals surface area contributed by atoms with E-state index < -0.39 is 10.0 Å². The molecule has 2 N–H and O–H groups in total. The number of imidazole rings is 1. The summed E-state index contributed by atoms with van der Waals surface area (Å²) in [5, 5.41) is 9.15. The Hall–Kier alpha value is -1.70. The van der Waals surface area contributed by atoms with Crippen molar-refractivity contribution in [2.45, 2.75) is 38.3 Å². The van der Waals surface area contributed by atoms with Gasteiger partial charge in [0.25, 0.3) is 10.0 Å². The summed E-state index contributed by atoms with van der Waals surface area (Å²) in [6, 6.07) is 7.75. The summed E-state index contributed by atoms with van der Waals surface area (Å²) in [4.78, 5) is 6.92. The second-order valence-corrected chi connectivity index (χ2v) is 7.36. The van der Waals surface area contributed by atoms with E-state index in [4.69, 9.17) is 5.11 Å². The summed E-state index contributed by atoms with van der Waals surface area (Å²) in [6.45, 7) is 4.37. The summed E-state index contributed by atoms with van der Waals surface area (Å²) in [5.41, 5.74) is 2.03. The van der Waals surface area contributed by atoms with Crippen LogP contribution in [0.5, 0.6) is 0 Å². The average Bonchev–Trinajstić information content (AvgIpc) is 3.03. The maximum absolute atomic E-state index is 12.8. The quantitative estimate of drug-likeness (QED) is 0.770. The highest BCUT2D eigenvalue weighted by atomic mass is 32.2. The van der Waals surface area contributed by atoms with Gasteiger partial charge in [-0.1, -0.05) is 36.8 Å². The highest BCUT2D eigenvalue weighted by Crippen LogP contribution is 2.18. The molecule has 1 aromatic heterocycles. The van der Waals surface area contributed by atoms with E-state index in [0.29, 0.717) is 18.7 Å². The van der Waals surface area contributed by atoms with E-state index >= 15 is 0 Å². The molecule has 0 spiro atoms. The number of aliphatic hydroxyl groups is 1. The number of rotatable bonds is 8. The number of hydrogen-bond donors (Lipinski definition) is 2. The Labute approximate surface area is 137 Å². The molecular weight excluding hydrogens is 314 g/mol. The van der Waals surface area contributed by atoms with E-state index in [1.54, 1.807) is 0 Å². The summed E-state index contributed by atoms with van der Waals surface area (Å²) in [6.07, 6.45) is 2.39. The third-order valence-corrected chi connectivity index (χ3v) is 5.36.